The van der Waals surface area contributed by atoms with Gasteiger partial charge in [-0.1, -0.05) is 0 Å². The van der Waals surface area contributed by atoms with Gasteiger partial charge in [-0.3, -0.25) is 5.41 Å². The molecule has 0 bridgehead atoms. The van der Waals surface area contributed by atoms with E-state index in [4.69, 9.17) is 11.1 Å². The van der Waals surface area contributed by atoms with E-state index in [0.29, 0.717) is 6.20 Å². The Kier molecular flexibility index (Phi) is 3.00. The van der Waals surface area contributed by atoms with Gasteiger partial charge in [0, 0.05) is 6.20 Å². The Morgan fingerprint density at radius 1 is 1.43 bits per heavy atom. The smallest absolute Gasteiger partial charge is 0.378 e. The van der Waals surface area contributed by atoms with E-state index in [9.17, 15) is 13.2 Å². The van der Waals surface area contributed by atoms with Gasteiger partial charge in [-0.25, -0.2) is 4.98 Å². The zero-order valence-corrected chi connectivity index (χ0v) is 7.62. The molecule has 0 fully saturated rings. The third-order valence-electron chi connectivity index (χ3n) is 1.28. The molecule has 3 N–H and O–H groups in total. The lowest BCUT2D eigenvalue weighted by atomic mass is 10.3. The Balaban J connectivity index is 2.84. The number of rotatable bonds is 1. The van der Waals surface area contributed by atoms with Crippen LogP contribution in [-0.2, 0) is 6.18 Å². The minimum Gasteiger partial charge on any atom is -0.378 e. The second-order valence-corrected chi connectivity index (χ2v) is 3.41. The first-order valence-electron chi connectivity index (χ1n) is 3.45. The summed E-state index contributed by atoms with van der Waals surface area (Å²) in [5.41, 5.74) is 4.22. The van der Waals surface area contributed by atoms with Gasteiger partial charge in [0.25, 0.3) is 0 Å². The molecule has 0 unspecified atom stereocenters. The van der Waals surface area contributed by atoms with Gasteiger partial charge >= 0.3 is 6.18 Å². The molecular weight excluding hydrogens is 215 g/mol. The molecule has 0 spiro atoms. The molecule has 3 nitrogen and oxygen atoms in total. The van der Waals surface area contributed by atoms with Crippen molar-refractivity contribution in [3.05, 3.63) is 23.9 Å². The minimum absolute atomic E-state index is 0.211. The minimum atomic E-state index is -4.38. The average Bonchev–Trinajstić information content (AvgIpc) is 2.02. The molecule has 1 heterocycles. The van der Waals surface area contributed by atoms with Gasteiger partial charge in [0.2, 0.25) is 0 Å². The highest BCUT2D eigenvalue weighted by molar-refractivity contribution is 8.13. The van der Waals surface area contributed by atoms with E-state index in [2.05, 4.69) is 4.98 Å². The van der Waals surface area contributed by atoms with Crippen molar-refractivity contribution in [3.8, 4) is 0 Å². The number of nitrogens with zero attached hydrogens (tertiary/aromatic N) is 1. The van der Waals surface area contributed by atoms with Crippen molar-refractivity contribution >= 4 is 16.9 Å². The molecule has 1 aromatic heterocycles. The summed E-state index contributed by atoms with van der Waals surface area (Å²) in [5.74, 6) is 0. The quantitative estimate of drug-likeness (QED) is 0.433. The maximum Gasteiger partial charge on any atom is 0.417 e. The number of thioether (sulfide) groups is 1. The van der Waals surface area contributed by atoms with Crippen LogP contribution < -0.4 is 5.73 Å². The zero-order valence-electron chi connectivity index (χ0n) is 6.80. The van der Waals surface area contributed by atoms with Crippen LogP contribution in [-0.4, -0.2) is 10.2 Å². The molecule has 0 aliphatic heterocycles. The normalized spacial score (nSPS) is 11.4. The van der Waals surface area contributed by atoms with Crippen LogP contribution in [0.15, 0.2) is 23.4 Å². The fourth-order valence-corrected chi connectivity index (χ4v) is 1.19. The predicted octanol–water partition coefficient (Wildman–Crippen LogP) is 2.09. The third kappa shape index (κ3) is 2.91. The fraction of sp³-hybridized carbons (Fsp3) is 0.143. The van der Waals surface area contributed by atoms with E-state index < -0.39 is 11.7 Å². The van der Waals surface area contributed by atoms with Crippen molar-refractivity contribution in [2.45, 2.75) is 11.2 Å². The molecule has 0 aromatic carbocycles. The Morgan fingerprint density at radius 3 is 2.43 bits per heavy atom. The Bertz CT molecular complexity index is 333. The maximum absolute atomic E-state index is 12.1. The van der Waals surface area contributed by atoms with Crippen LogP contribution in [0.1, 0.15) is 5.56 Å². The molecule has 0 aliphatic carbocycles. The zero-order chi connectivity index (χ0) is 10.8. The highest BCUT2D eigenvalue weighted by Gasteiger charge is 2.30. The van der Waals surface area contributed by atoms with Gasteiger partial charge in [-0.15, -0.1) is 0 Å². The number of aromatic nitrogens is 1. The molecular formula is C7H6F3N3S. The number of hydrogen-bond donors (Lipinski definition) is 2. The first-order chi connectivity index (χ1) is 6.39. The number of pyridine rings is 1. The Hall–Kier alpha value is -1.24. The van der Waals surface area contributed by atoms with E-state index in [1.807, 2.05) is 0 Å². The van der Waals surface area contributed by atoms with Crippen LogP contribution in [0.5, 0.6) is 0 Å². The van der Waals surface area contributed by atoms with E-state index in [-0.39, 0.29) is 10.2 Å². The lowest BCUT2D eigenvalue weighted by molar-refractivity contribution is -0.137. The predicted molar refractivity (Wildman–Crippen MR) is 47.0 cm³/mol. The van der Waals surface area contributed by atoms with Crippen molar-refractivity contribution in [1.82, 2.24) is 4.98 Å². The monoisotopic (exact) mass is 221 g/mol. The Morgan fingerprint density at radius 2 is 2.07 bits per heavy atom. The molecule has 14 heavy (non-hydrogen) atoms. The average molecular weight is 221 g/mol. The van der Waals surface area contributed by atoms with Gasteiger partial charge in [-0.05, 0) is 23.9 Å². The van der Waals surface area contributed by atoms with Crippen molar-refractivity contribution in [2.75, 3.05) is 0 Å². The van der Waals surface area contributed by atoms with Gasteiger partial charge in [0.15, 0.2) is 5.17 Å². The van der Waals surface area contributed by atoms with Gasteiger partial charge in [0.1, 0.15) is 5.03 Å². The van der Waals surface area contributed by atoms with Crippen LogP contribution in [0.25, 0.3) is 0 Å². The number of halogens is 3. The maximum atomic E-state index is 12.1. The summed E-state index contributed by atoms with van der Waals surface area (Å²) in [7, 11) is 0. The molecule has 0 aliphatic rings. The largest absolute Gasteiger partial charge is 0.417 e. The summed E-state index contributed by atoms with van der Waals surface area (Å²) in [5, 5.41) is 6.94. The summed E-state index contributed by atoms with van der Waals surface area (Å²) >= 11 is 0.800. The van der Waals surface area contributed by atoms with E-state index in [1.54, 1.807) is 0 Å². The van der Waals surface area contributed by atoms with Crippen molar-refractivity contribution in [1.29, 1.82) is 5.41 Å². The summed E-state index contributed by atoms with van der Waals surface area (Å²) in [6.07, 6.45) is -3.67. The third-order valence-corrected chi connectivity index (χ3v) is 1.95. The van der Waals surface area contributed by atoms with E-state index >= 15 is 0 Å². The molecule has 0 saturated heterocycles. The second kappa shape index (κ2) is 3.87. The molecule has 76 valence electrons. The summed E-state index contributed by atoms with van der Waals surface area (Å²) in [6, 6.07) is 2.08. The summed E-state index contributed by atoms with van der Waals surface area (Å²) in [6.45, 7) is 0. The van der Waals surface area contributed by atoms with E-state index in [0.717, 1.165) is 17.8 Å². The van der Waals surface area contributed by atoms with Gasteiger partial charge < -0.3 is 5.73 Å². The number of nitrogens with two attached hydrogens (primary N) is 1. The molecule has 1 rings (SSSR count). The standard InChI is InChI=1S/C7H6F3N3S/c8-7(9,10)4-1-2-5(13-3-4)14-6(11)12/h1-3H,(H3,11,12). The Labute approximate surface area is 82.0 Å². The van der Waals surface area contributed by atoms with Gasteiger partial charge in [-0.2, -0.15) is 13.2 Å². The number of amidine groups is 1. The van der Waals surface area contributed by atoms with Crippen LogP contribution >= 0.6 is 11.8 Å². The second-order valence-electron chi connectivity index (χ2n) is 2.35. The highest BCUT2D eigenvalue weighted by atomic mass is 32.2. The summed E-state index contributed by atoms with van der Waals surface area (Å²) < 4.78 is 36.2. The van der Waals surface area contributed by atoms with Crippen LogP contribution in [0.4, 0.5) is 13.2 Å². The molecule has 0 radical (unpaired) electrons. The molecule has 0 amide bonds. The SMILES string of the molecule is N=C(N)Sc1ccc(C(F)(F)F)cn1. The number of alkyl halides is 3. The molecule has 1 aromatic rings. The fourth-order valence-electron chi connectivity index (χ4n) is 0.721. The lowest BCUT2D eigenvalue weighted by Crippen LogP contribution is -2.06. The lowest BCUT2D eigenvalue weighted by Gasteiger charge is -2.05. The molecule has 0 atom stereocenters. The van der Waals surface area contributed by atoms with Crippen molar-refractivity contribution < 1.29 is 13.2 Å². The number of hydrogen-bond acceptors (Lipinski definition) is 3. The van der Waals surface area contributed by atoms with E-state index in [1.165, 1.54) is 6.07 Å². The van der Waals surface area contributed by atoms with Crippen molar-refractivity contribution in [3.63, 3.8) is 0 Å². The highest BCUT2D eigenvalue weighted by Crippen LogP contribution is 2.29. The topological polar surface area (TPSA) is 62.8 Å². The molecule has 7 heteroatoms. The van der Waals surface area contributed by atoms with Crippen LogP contribution in [0.2, 0.25) is 0 Å². The first-order valence-corrected chi connectivity index (χ1v) is 4.26. The van der Waals surface area contributed by atoms with Crippen LogP contribution in [0, 0.1) is 5.41 Å². The molecule has 0 saturated carbocycles. The van der Waals surface area contributed by atoms with Crippen LogP contribution in [0.3, 0.4) is 0 Å². The first kappa shape index (κ1) is 10.8. The summed E-state index contributed by atoms with van der Waals surface area (Å²) in [4.78, 5) is 3.51. The van der Waals surface area contributed by atoms with Crippen molar-refractivity contribution in [2.24, 2.45) is 5.73 Å². The van der Waals surface area contributed by atoms with Gasteiger partial charge in [0.05, 0.1) is 5.56 Å². The number of nitrogens with one attached hydrogen (secondary N) is 1.